The quantitative estimate of drug-likeness (QED) is 0.460. The Labute approximate surface area is 56.2 Å². The van der Waals surface area contributed by atoms with Crippen molar-refractivity contribution >= 4 is 0 Å². The number of nitrogens with one attached hydrogen (secondary N) is 1. The summed E-state index contributed by atoms with van der Waals surface area (Å²) in [6.07, 6.45) is -0.780. The smallest absolute Gasteiger partial charge is 0.0813 e. The lowest BCUT2D eigenvalue weighted by molar-refractivity contribution is 0.143. The number of nitrogens with two attached hydrogens (primary N) is 1. The summed E-state index contributed by atoms with van der Waals surface area (Å²) < 4.78 is 0. The van der Waals surface area contributed by atoms with Gasteiger partial charge in [0.25, 0.3) is 0 Å². The van der Waals surface area contributed by atoms with Gasteiger partial charge in [0, 0.05) is 6.04 Å². The van der Waals surface area contributed by atoms with E-state index >= 15 is 0 Å². The number of aliphatic hydroxyl groups is 1. The molecule has 3 heteroatoms. The molecule has 0 aliphatic rings. The van der Waals surface area contributed by atoms with E-state index in [1.54, 1.807) is 6.92 Å². The summed E-state index contributed by atoms with van der Waals surface area (Å²) in [5.74, 6) is 0. The van der Waals surface area contributed by atoms with Gasteiger partial charge in [0.2, 0.25) is 0 Å². The summed E-state index contributed by atoms with van der Waals surface area (Å²) in [7, 11) is 0. The van der Waals surface area contributed by atoms with Gasteiger partial charge in [-0.25, -0.2) is 0 Å². The highest BCUT2D eigenvalue weighted by Crippen LogP contribution is 1.85. The molecule has 0 saturated carbocycles. The van der Waals surface area contributed by atoms with Gasteiger partial charge in [-0.2, -0.15) is 0 Å². The van der Waals surface area contributed by atoms with Crippen molar-refractivity contribution < 1.29 is 5.11 Å². The van der Waals surface area contributed by atoms with Gasteiger partial charge in [-0.05, 0) is 20.8 Å². The van der Waals surface area contributed by atoms with E-state index < -0.39 is 6.10 Å². The lowest BCUT2D eigenvalue weighted by Gasteiger charge is -2.18. The molecule has 0 fully saturated rings. The van der Waals surface area contributed by atoms with E-state index in [-0.39, 0.29) is 6.17 Å². The molecule has 0 rings (SSSR count). The standard InChI is InChI=1S/C6H16N2O/c1-4(2)8-6(7)5(3)9/h4-6,8-9H,7H2,1-3H3. The minimum Gasteiger partial charge on any atom is -0.390 e. The zero-order valence-corrected chi connectivity index (χ0v) is 6.26. The molecule has 4 N–H and O–H groups in total. The van der Waals surface area contributed by atoms with Gasteiger partial charge < -0.3 is 10.8 Å². The van der Waals surface area contributed by atoms with Crippen molar-refractivity contribution in [2.45, 2.75) is 39.1 Å². The molecule has 0 amide bonds. The lowest BCUT2D eigenvalue weighted by atomic mass is 10.3. The Bertz CT molecular complexity index is 73.5. The van der Waals surface area contributed by atoms with Crippen LogP contribution in [0.2, 0.25) is 0 Å². The molecule has 3 nitrogen and oxygen atoms in total. The van der Waals surface area contributed by atoms with Crippen molar-refractivity contribution in [3.63, 3.8) is 0 Å². The van der Waals surface area contributed by atoms with Crippen molar-refractivity contribution in [3.8, 4) is 0 Å². The predicted molar refractivity (Wildman–Crippen MR) is 37.9 cm³/mol. The highest BCUT2D eigenvalue weighted by Gasteiger charge is 2.08. The first kappa shape index (κ1) is 8.88. The van der Waals surface area contributed by atoms with Crippen molar-refractivity contribution in [1.82, 2.24) is 5.32 Å². The van der Waals surface area contributed by atoms with Crippen molar-refractivity contribution in [3.05, 3.63) is 0 Å². The van der Waals surface area contributed by atoms with Crippen LogP contribution in [-0.2, 0) is 0 Å². The van der Waals surface area contributed by atoms with Gasteiger partial charge in [-0.15, -0.1) is 0 Å². The van der Waals surface area contributed by atoms with E-state index in [4.69, 9.17) is 10.8 Å². The van der Waals surface area contributed by atoms with Crippen LogP contribution in [-0.4, -0.2) is 23.4 Å². The maximum atomic E-state index is 8.88. The van der Waals surface area contributed by atoms with Gasteiger partial charge >= 0.3 is 0 Å². The van der Waals surface area contributed by atoms with E-state index in [1.165, 1.54) is 0 Å². The van der Waals surface area contributed by atoms with E-state index in [1.807, 2.05) is 13.8 Å². The molecule has 0 aliphatic carbocycles. The zero-order valence-electron chi connectivity index (χ0n) is 6.26. The number of aliphatic hydroxyl groups excluding tert-OH is 1. The van der Waals surface area contributed by atoms with Crippen LogP contribution in [0.15, 0.2) is 0 Å². The molecule has 0 saturated heterocycles. The van der Waals surface area contributed by atoms with Crippen molar-refractivity contribution in [2.75, 3.05) is 0 Å². The second-order valence-electron chi connectivity index (χ2n) is 2.59. The average molecular weight is 132 g/mol. The highest BCUT2D eigenvalue weighted by atomic mass is 16.3. The number of rotatable bonds is 3. The maximum absolute atomic E-state index is 8.88. The summed E-state index contributed by atoms with van der Waals surface area (Å²) in [5.41, 5.74) is 5.46. The SMILES string of the molecule is CC(C)NC(N)C(C)O. The summed E-state index contributed by atoms with van der Waals surface area (Å²) in [4.78, 5) is 0. The molecule has 2 unspecified atom stereocenters. The van der Waals surface area contributed by atoms with Gasteiger partial charge in [0.1, 0.15) is 0 Å². The molecule has 0 bridgehead atoms. The zero-order chi connectivity index (χ0) is 7.44. The second-order valence-corrected chi connectivity index (χ2v) is 2.59. The Morgan fingerprint density at radius 2 is 1.78 bits per heavy atom. The Kier molecular flexibility index (Phi) is 3.77. The predicted octanol–water partition coefficient (Wildman–Crippen LogP) is -0.350. The summed E-state index contributed by atoms with van der Waals surface area (Å²) in [6, 6.07) is 0.328. The maximum Gasteiger partial charge on any atom is 0.0813 e. The Morgan fingerprint density at radius 1 is 1.33 bits per heavy atom. The Morgan fingerprint density at radius 3 is 1.89 bits per heavy atom. The van der Waals surface area contributed by atoms with Crippen LogP contribution in [0, 0.1) is 0 Å². The first-order valence-electron chi connectivity index (χ1n) is 3.23. The van der Waals surface area contributed by atoms with E-state index in [0.29, 0.717) is 6.04 Å². The van der Waals surface area contributed by atoms with Crippen LogP contribution in [0.4, 0.5) is 0 Å². The van der Waals surface area contributed by atoms with E-state index in [9.17, 15) is 0 Å². The molecular weight excluding hydrogens is 116 g/mol. The molecule has 0 aliphatic heterocycles. The average Bonchev–Trinajstić information content (AvgIpc) is 1.63. The first-order valence-corrected chi connectivity index (χ1v) is 3.23. The first-order chi connectivity index (χ1) is 4.04. The molecule has 0 aromatic rings. The van der Waals surface area contributed by atoms with E-state index in [0.717, 1.165) is 0 Å². The van der Waals surface area contributed by atoms with Crippen LogP contribution in [0.1, 0.15) is 20.8 Å². The molecule has 0 aromatic heterocycles. The highest BCUT2D eigenvalue weighted by molar-refractivity contribution is 4.66. The molecule has 9 heavy (non-hydrogen) atoms. The lowest BCUT2D eigenvalue weighted by Crippen LogP contribution is -2.48. The Balaban J connectivity index is 3.38. The van der Waals surface area contributed by atoms with E-state index in [2.05, 4.69) is 5.32 Å². The molecule has 0 aromatic carbocycles. The van der Waals surface area contributed by atoms with Gasteiger partial charge in [-0.1, -0.05) is 0 Å². The summed E-state index contributed by atoms with van der Waals surface area (Å²) >= 11 is 0. The molecule has 56 valence electrons. The third-order valence-electron chi connectivity index (χ3n) is 1.05. The summed E-state index contributed by atoms with van der Waals surface area (Å²) in [6.45, 7) is 5.64. The van der Waals surface area contributed by atoms with Gasteiger partial charge in [0.05, 0.1) is 12.3 Å². The molecule has 0 radical (unpaired) electrons. The van der Waals surface area contributed by atoms with Crippen LogP contribution < -0.4 is 11.1 Å². The summed E-state index contributed by atoms with van der Waals surface area (Å²) in [5, 5.41) is 11.9. The molecule has 2 atom stereocenters. The van der Waals surface area contributed by atoms with Crippen LogP contribution >= 0.6 is 0 Å². The fourth-order valence-corrected chi connectivity index (χ4v) is 0.524. The topological polar surface area (TPSA) is 58.3 Å². The fourth-order valence-electron chi connectivity index (χ4n) is 0.524. The largest absolute Gasteiger partial charge is 0.390 e. The number of hydrogen-bond acceptors (Lipinski definition) is 3. The Hall–Kier alpha value is -0.120. The van der Waals surface area contributed by atoms with Crippen LogP contribution in [0.5, 0.6) is 0 Å². The molecular formula is C6H16N2O. The van der Waals surface area contributed by atoms with Crippen LogP contribution in [0.3, 0.4) is 0 Å². The molecule has 0 spiro atoms. The van der Waals surface area contributed by atoms with Gasteiger partial charge in [0.15, 0.2) is 0 Å². The number of hydrogen-bond donors (Lipinski definition) is 3. The third-order valence-corrected chi connectivity index (χ3v) is 1.05. The minimum atomic E-state index is -0.479. The third kappa shape index (κ3) is 4.39. The normalized spacial score (nSPS) is 18.0. The minimum absolute atomic E-state index is 0.301. The monoisotopic (exact) mass is 132 g/mol. The van der Waals surface area contributed by atoms with Crippen LogP contribution in [0.25, 0.3) is 0 Å². The second kappa shape index (κ2) is 3.82. The van der Waals surface area contributed by atoms with Crippen molar-refractivity contribution in [2.24, 2.45) is 5.73 Å². The van der Waals surface area contributed by atoms with Gasteiger partial charge in [-0.3, -0.25) is 5.32 Å². The van der Waals surface area contributed by atoms with Crippen molar-refractivity contribution in [1.29, 1.82) is 0 Å². The molecule has 0 heterocycles. The fraction of sp³-hybridized carbons (Fsp3) is 1.00.